The molecule has 1 heterocycles. The van der Waals surface area contributed by atoms with Crippen LogP contribution >= 0.6 is 0 Å². The Morgan fingerprint density at radius 2 is 2.07 bits per heavy atom. The van der Waals surface area contributed by atoms with Gasteiger partial charge in [-0.3, -0.25) is 4.90 Å². The first-order valence-corrected chi connectivity index (χ1v) is 5.66. The van der Waals surface area contributed by atoms with E-state index in [-0.39, 0.29) is 0 Å². The lowest BCUT2D eigenvalue weighted by Gasteiger charge is -2.33. The Labute approximate surface area is 91.9 Å². The van der Waals surface area contributed by atoms with Crippen molar-refractivity contribution >= 4 is 0 Å². The highest BCUT2D eigenvalue weighted by Gasteiger charge is 2.22. The zero-order valence-electron chi connectivity index (χ0n) is 9.57. The van der Waals surface area contributed by atoms with Crippen molar-refractivity contribution in [2.24, 2.45) is 0 Å². The number of methoxy groups -OCH3 is 1. The molecule has 0 amide bonds. The lowest BCUT2D eigenvalue weighted by molar-refractivity contribution is 0.183. The van der Waals surface area contributed by atoms with Crippen LogP contribution in [-0.4, -0.2) is 25.6 Å². The molecule has 0 bridgehead atoms. The van der Waals surface area contributed by atoms with Crippen LogP contribution in [0.1, 0.15) is 30.9 Å². The summed E-state index contributed by atoms with van der Waals surface area (Å²) < 4.78 is 5.42. The van der Waals surface area contributed by atoms with E-state index >= 15 is 0 Å². The Morgan fingerprint density at radius 1 is 1.27 bits per heavy atom. The molecule has 15 heavy (non-hydrogen) atoms. The second-order valence-electron chi connectivity index (χ2n) is 4.23. The fourth-order valence-electron chi connectivity index (χ4n) is 2.41. The maximum Gasteiger partial charge on any atom is 0.123 e. The third-order valence-electron chi connectivity index (χ3n) is 3.27. The molecule has 2 rings (SSSR count). The maximum absolute atomic E-state index is 5.42. The number of piperidine rings is 1. The highest BCUT2D eigenvalue weighted by Crippen LogP contribution is 2.34. The summed E-state index contributed by atoms with van der Waals surface area (Å²) in [6.45, 7) is 1.20. The maximum atomic E-state index is 5.42. The van der Waals surface area contributed by atoms with E-state index in [0.717, 1.165) is 5.75 Å². The molecule has 0 N–H and O–H groups in total. The Kier molecular flexibility index (Phi) is 3.27. The summed E-state index contributed by atoms with van der Waals surface area (Å²) in [6.07, 6.45) is 3.89. The average molecular weight is 205 g/mol. The fraction of sp³-hybridized carbons (Fsp3) is 0.538. The van der Waals surface area contributed by atoms with Crippen LogP contribution in [0, 0.1) is 0 Å². The molecule has 82 valence electrons. The first-order chi connectivity index (χ1) is 7.33. The van der Waals surface area contributed by atoms with E-state index in [9.17, 15) is 0 Å². The van der Waals surface area contributed by atoms with E-state index in [2.05, 4.69) is 30.1 Å². The zero-order chi connectivity index (χ0) is 10.7. The summed E-state index contributed by atoms with van der Waals surface area (Å²) in [7, 11) is 3.96. The molecule has 1 aliphatic rings. The van der Waals surface area contributed by atoms with Crippen LogP contribution in [0.5, 0.6) is 5.75 Å². The first-order valence-electron chi connectivity index (χ1n) is 5.66. The molecule has 1 unspecified atom stereocenters. The first kappa shape index (κ1) is 10.5. The minimum atomic E-state index is 0.537. The van der Waals surface area contributed by atoms with Gasteiger partial charge in [-0.2, -0.15) is 0 Å². The van der Waals surface area contributed by atoms with E-state index in [4.69, 9.17) is 4.74 Å². The molecule has 1 saturated heterocycles. The van der Waals surface area contributed by atoms with Crippen molar-refractivity contribution in [2.45, 2.75) is 25.3 Å². The molecule has 0 spiro atoms. The van der Waals surface area contributed by atoms with Crippen molar-refractivity contribution in [1.82, 2.24) is 4.90 Å². The Bertz CT molecular complexity index is 324. The Hall–Kier alpha value is -1.02. The summed E-state index contributed by atoms with van der Waals surface area (Å²) in [5.74, 6) is 1.02. The molecule has 0 aromatic heterocycles. The van der Waals surface area contributed by atoms with Gasteiger partial charge in [-0.1, -0.05) is 24.6 Å². The normalized spacial score (nSPS) is 22.7. The van der Waals surface area contributed by atoms with Crippen LogP contribution in [0.3, 0.4) is 0 Å². The lowest BCUT2D eigenvalue weighted by Crippen LogP contribution is -2.29. The van der Waals surface area contributed by atoms with Gasteiger partial charge in [0.2, 0.25) is 0 Å². The van der Waals surface area contributed by atoms with Gasteiger partial charge in [0.15, 0.2) is 0 Å². The van der Waals surface area contributed by atoms with Gasteiger partial charge in [-0.05, 0) is 32.5 Å². The van der Waals surface area contributed by atoms with Crippen LogP contribution in [0.4, 0.5) is 0 Å². The van der Waals surface area contributed by atoms with Crippen LogP contribution in [0.2, 0.25) is 0 Å². The number of hydrogen-bond donors (Lipinski definition) is 0. The molecule has 1 aromatic rings. The smallest absolute Gasteiger partial charge is 0.123 e. The van der Waals surface area contributed by atoms with E-state index in [1.807, 2.05) is 6.07 Å². The summed E-state index contributed by atoms with van der Waals surface area (Å²) in [5.41, 5.74) is 1.34. The molecular weight excluding hydrogens is 186 g/mol. The molecule has 0 radical (unpaired) electrons. The zero-order valence-corrected chi connectivity index (χ0v) is 9.57. The van der Waals surface area contributed by atoms with Crippen molar-refractivity contribution in [3.63, 3.8) is 0 Å². The standard InChI is InChI=1S/C13H19NO/c1-14-10-6-5-8-12(14)11-7-3-4-9-13(11)15-2/h3-4,7,9,12H,5-6,8,10H2,1-2H3. The molecule has 0 saturated carbocycles. The fourth-order valence-corrected chi connectivity index (χ4v) is 2.41. The van der Waals surface area contributed by atoms with Gasteiger partial charge in [0.05, 0.1) is 7.11 Å². The number of likely N-dealkylation sites (tertiary alicyclic amines) is 1. The SMILES string of the molecule is COc1ccccc1C1CCCCN1C. The van der Waals surface area contributed by atoms with Gasteiger partial charge in [0.1, 0.15) is 5.75 Å². The van der Waals surface area contributed by atoms with Crippen LogP contribution in [0.15, 0.2) is 24.3 Å². The van der Waals surface area contributed by atoms with E-state index in [0.29, 0.717) is 6.04 Å². The number of rotatable bonds is 2. The molecule has 1 aromatic carbocycles. The highest BCUT2D eigenvalue weighted by atomic mass is 16.5. The van der Waals surface area contributed by atoms with Gasteiger partial charge in [0.25, 0.3) is 0 Å². The summed E-state index contributed by atoms with van der Waals surface area (Å²) in [4.78, 5) is 2.43. The van der Waals surface area contributed by atoms with Crippen molar-refractivity contribution in [3.05, 3.63) is 29.8 Å². The van der Waals surface area contributed by atoms with Crippen LogP contribution < -0.4 is 4.74 Å². The minimum absolute atomic E-state index is 0.537. The minimum Gasteiger partial charge on any atom is -0.496 e. The van der Waals surface area contributed by atoms with E-state index < -0.39 is 0 Å². The number of para-hydroxylation sites is 1. The molecule has 2 heteroatoms. The van der Waals surface area contributed by atoms with Crippen LogP contribution in [0.25, 0.3) is 0 Å². The number of benzene rings is 1. The van der Waals surface area contributed by atoms with Crippen LogP contribution in [-0.2, 0) is 0 Å². The molecule has 1 aliphatic heterocycles. The molecular formula is C13H19NO. The number of hydrogen-bond acceptors (Lipinski definition) is 2. The van der Waals surface area contributed by atoms with Crippen molar-refractivity contribution in [2.75, 3.05) is 20.7 Å². The predicted octanol–water partition coefficient (Wildman–Crippen LogP) is 2.85. The topological polar surface area (TPSA) is 12.5 Å². The number of ether oxygens (including phenoxy) is 1. The lowest BCUT2D eigenvalue weighted by atomic mass is 9.95. The summed E-state index contributed by atoms with van der Waals surface area (Å²) >= 11 is 0. The Morgan fingerprint density at radius 3 is 2.80 bits per heavy atom. The van der Waals surface area contributed by atoms with Crippen molar-refractivity contribution < 1.29 is 4.74 Å². The highest BCUT2D eigenvalue weighted by molar-refractivity contribution is 5.36. The third-order valence-corrected chi connectivity index (χ3v) is 3.27. The molecule has 1 atom stereocenters. The van der Waals surface area contributed by atoms with Crippen molar-refractivity contribution in [3.8, 4) is 5.75 Å². The quantitative estimate of drug-likeness (QED) is 0.736. The molecule has 0 aliphatic carbocycles. The predicted molar refractivity (Wildman–Crippen MR) is 62.2 cm³/mol. The van der Waals surface area contributed by atoms with Gasteiger partial charge in [-0.15, -0.1) is 0 Å². The van der Waals surface area contributed by atoms with Gasteiger partial charge >= 0.3 is 0 Å². The van der Waals surface area contributed by atoms with E-state index in [1.165, 1.54) is 31.4 Å². The molecule has 2 nitrogen and oxygen atoms in total. The monoisotopic (exact) mass is 205 g/mol. The second kappa shape index (κ2) is 4.67. The third kappa shape index (κ3) is 2.15. The van der Waals surface area contributed by atoms with Gasteiger partial charge < -0.3 is 4.74 Å². The largest absolute Gasteiger partial charge is 0.496 e. The Balaban J connectivity index is 2.26. The number of nitrogens with zero attached hydrogens (tertiary/aromatic N) is 1. The molecule has 1 fully saturated rings. The van der Waals surface area contributed by atoms with Gasteiger partial charge in [-0.25, -0.2) is 0 Å². The summed E-state index contributed by atoms with van der Waals surface area (Å²) in [6, 6.07) is 8.91. The second-order valence-corrected chi connectivity index (χ2v) is 4.23. The van der Waals surface area contributed by atoms with Crippen molar-refractivity contribution in [1.29, 1.82) is 0 Å². The van der Waals surface area contributed by atoms with E-state index in [1.54, 1.807) is 7.11 Å². The average Bonchev–Trinajstić information content (AvgIpc) is 2.30. The summed E-state index contributed by atoms with van der Waals surface area (Å²) in [5, 5.41) is 0. The van der Waals surface area contributed by atoms with Gasteiger partial charge in [0, 0.05) is 11.6 Å².